The number of fused-ring (bicyclic) bond motifs is 6. The summed E-state index contributed by atoms with van der Waals surface area (Å²) in [5, 5.41) is 0. The summed E-state index contributed by atoms with van der Waals surface area (Å²) in [5.74, 6) is 4.27. The third-order valence-corrected chi connectivity index (χ3v) is 8.38. The number of amides is 1. The third-order valence-electron chi connectivity index (χ3n) is 8.38. The van der Waals surface area contributed by atoms with Gasteiger partial charge in [0.2, 0.25) is 0 Å². The number of terminal acetylenes is 2. The fourth-order valence-corrected chi connectivity index (χ4v) is 6.01. The Morgan fingerprint density at radius 1 is 0.731 bits per heavy atom. The fraction of sp³-hybridized carbons (Fsp3) is 0.100. The lowest BCUT2D eigenvalue weighted by Crippen LogP contribution is -2.14. The Morgan fingerprint density at radius 3 is 1.67 bits per heavy atom. The molecule has 0 unspecified atom stereocenters. The second-order valence-corrected chi connectivity index (χ2v) is 11.4. The number of carbonyl (C=O) groups is 2. The maximum atomic E-state index is 12.3. The van der Waals surface area contributed by atoms with Crippen molar-refractivity contribution < 1.29 is 14.3 Å². The van der Waals surface area contributed by atoms with E-state index >= 15 is 0 Å². The van der Waals surface area contributed by atoms with Crippen LogP contribution in [0.3, 0.4) is 0 Å². The predicted octanol–water partition coefficient (Wildman–Crippen LogP) is 4.47. The van der Waals surface area contributed by atoms with Crippen molar-refractivity contribution in [3.8, 4) is 36.1 Å². The molecule has 0 fully saturated rings. The third kappa shape index (κ3) is 6.12. The number of ether oxygens (including phenoxy) is 1. The van der Waals surface area contributed by atoms with Gasteiger partial charge in [-0.25, -0.2) is 14.8 Å². The number of esters is 1. The van der Waals surface area contributed by atoms with Crippen LogP contribution in [-0.2, 0) is 17.8 Å². The highest BCUT2D eigenvalue weighted by atomic mass is 16.5. The highest BCUT2D eigenvalue weighted by molar-refractivity contribution is 6.15. The summed E-state index contributed by atoms with van der Waals surface area (Å²) in [6.45, 7) is 2.60. The number of hydrogen-bond acceptors (Lipinski definition) is 9. The molecule has 2 aliphatic rings. The first-order chi connectivity index (χ1) is 25.4. The average molecular weight is 684 g/mol. The van der Waals surface area contributed by atoms with Crippen molar-refractivity contribution >= 4 is 23.3 Å². The van der Waals surface area contributed by atoms with Gasteiger partial charge in [0.15, 0.2) is 11.4 Å². The zero-order valence-corrected chi connectivity index (χ0v) is 27.9. The van der Waals surface area contributed by atoms with Gasteiger partial charge in [-0.1, -0.05) is 24.0 Å². The number of carbonyl (C=O) groups excluding carboxylic acids is 2. The summed E-state index contributed by atoms with van der Waals surface area (Å²) in [4.78, 5) is 50.6. The lowest BCUT2D eigenvalue weighted by atomic mass is 10.0. The second kappa shape index (κ2) is 14.2. The number of rotatable bonds is 5. The van der Waals surface area contributed by atoms with E-state index in [1.807, 2.05) is 81.9 Å². The van der Waals surface area contributed by atoms with Crippen molar-refractivity contribution in [2.45, 2.75) is 20.0 Å². The molecule has 0 atom stereocenters. The smallest absolute Gasteiger partial charge is 0.358 e. The summed E-state index contributed by atoms with van der Waals surface area (Å²) in [6.07, 6.45) is 17.8. The van der Waals surface area contributed by atoms with Gasteiger partial charge in [0.1, 0.15) is 12.7 Å². The maximum absolute atomic E-state index is 12.3. The number of aliphatic imine (C=N–C) groups is 2. The van der Waals surface area contributed by atoms with Gasteiger partial charge in [-0.2, -0.15) is 0 Å². The van der Waals surface area contributed by atoms with Crippen LogP contribution in [0.5, 0.6) is 0 Å². The Labute approximate surface area is 298 Å². The van der Waals surface area contributed by atoms with Crippen LogP contribution in [0.1, 0.15) is 72.9 Å². The zero-order chi connectivity index (χ0) is 36.2. The molecular weight excluding hydrogens is 654 g/mol. The molecule has 0 aliphatic carbocycles. The van der Waals surface area contributed by atoms with Crippen molar-refractivity contribution in [3.63, 3.8) is 0 Å². The van der Waals surface area contributed by atoms with E-state index in [-0.39, 0.29) is 31.1 Å². The molecule has 1 amide bonds. The monoisotopic (exact) mass is 683 g/mol. The quantitative estimate of drug-likeness (QED) is 0.208. The van der Waals surface area contributed by atoms with Crippen molar-refractivity contribution in [2.24, 2.45) is 15.7 Å². The average Bonchev–Trinajstić information content (AvgIpc) is 3.72. The van der Waals surface area contributed by atoms with E-state index in [9.17, 15) is 9.59 Å². The number of aromatic nitrogens is 6. The SMILES string of the molecule is C#Cc1ccc2c(c1)C(c1ccccn1)=NCc1c(C(=O)OCC)ncn1-2.C#Cc1ccc2c(c1)C(c1ccccn1)=NCc1c(C(N)=O)ncn1-2. The normalized spacial score (nSPS) is 12.3. The molecule has 2 N–H and O–H groups in total. The van der Waals surface area contributed by atoms with Crippen molar-refractivity contribution in [3.05, 3.63) is 154 Å². The summed E-state index contributed by atoms with van der Waals surface area (Å²) in [7, 11) is 0. The second-order valence-electron chi connectivity index (χ2n) is 11.4. The Hall–Kier alpha value is -7.44. The van der Waals surface area contributed by atoms with Crippen LogP contribution in [0, 0.1) is 24.7 Å². The van der Waals surface area contributed by atoms with Crippen LogP contribution >= 0.6 is 0 Å². The van der Waals surface area contributed by atoms with E-state index in [1.54, 1.807) is 32.0 Å². The molecule has 12 heteroatoms. The molecule has 0 spiro atoms. The molecule has 2 aromatic carbocycles. The van der Waals surface area contributed by atoms with E-state index < -0.39 is 11.9 Å². The topological polar surface area (TPSA) is 156 Å². The van der Waals surface area contributed by atoms with Gasteiger partial charge < -0.3 is 10.5 Å². The van der Waals surface area contributed by atoms with Gasteiger partial charge in [0.25, 0.3) is 5.91 Å². The van der Waals surface area contributed by atoms with Gasteiger partial charge >= 0.3 is 5.97 Å². The van der Waals surface area contributed by atoms with E-state index in [2.05, 4.69) is 36.8 Å². The minimum absolute atomic E-state index is 0.220. The molecule has 0 saturated carbocycles. The van der Waals surface area contributed by atoms with Gasteiger partial charge in [-0.15, -0.1) is 12.8 Å². The molecule has 0 saturated heterocycles. The van der Waals surface area contributed by atoms with Crippen LogP contribution in [0.15, 0.2) is 108 Å². The van der Waals surface area contributed by atoms with Crippen LogP contribution in [0.4, 0.5) is 0 Å². The molecular formula is C40H29N9O3. The Bertz CT molecular complexity index is 2500. The minimum Gasteiger partial charge on any atom is -0.461 e. The van der Waals surface area contributed by atoms with Crippen LogP contribution in [-0.4, -0.2) is 59.0 Å². The van der Waals surface area contributed by atoms with Crippen molar-refractivity contribution in [1.82, 2.24) is 29.1 Å². The summed E-state index contributed by atoms with van der Waals surface area (Å²) in [5.41, 5.74) is 15.0. The first-order valence-corrected chi connectivity index (χ1v) is 16.2. The predicted molar refractivity (Wildman–Crippen MR) is 195 cm³/mol. The standard InChI is InChI=1S/C21H16N4O2.C19H13N5O/c1-3-14-8-9-17-15(11-14)19(16-7-5-6-10-22-16)23-12-18-20(21(26)27-4-2)24-13-25(17)18;1-2-12-6-7-15-13(9-12)17(14-5-3-4-8-21-14)22-10-16-18(19(20)25)23-11-24(15)16/h1,5-11,13H,4,12H2,2H3;1,3-9,11H,10H2,(H2,20,25). The molecule has 2 aliphatic heterocycles. The number of nitrogens with two attached hydrogens (primary N) is 1. The van der Waals surface area contributed by atoms with E-state index in [4.69, 9.17) is 28.3 Å². The van der Waals surface area contributed by atoms with E-state index in [1.165, 1.54) is 0 Å². The Morgan fingerprint density at radius 2 is 1.23 bits per heavy atom. The Balaban J connectivity index is 0.000000162. The van der Waals surface area contributed by atoms with Gasteiger partial charge in [-0.3, -0.25) is 33.9 Å². The van der Waals surface area contributed by atoms with Gasteiger partial charge in [0, 0.05) is 34.6 Å². The molecule has 252 valence electrons. The molecule has 8 rings (SSSR count). The zero-order valence-electron chi connectivity index (χ0n) is 27.9. The molecule has 52 heavy (non-hydrogen) atoms. The lowest BCUT2D eigenvalue weighted by molar-refractivity contribution is 0.0518. The first kappa shape index (κ1) is 33.1. The number of pyridine rings is 2. The summed E-state index contributed by atoms with van der Waals surface area (Å²) >= 11 is 0. The van der Waals surface area contributed by atoms with E-state index in [0.29, 0.717) is 17.1 Å². The minimum atomic E-state index is -0.577. The molecule has 12 nitrogen and oxygen atoms in total. The van der Waals surface area contributed by atoms with Gasteiger partial charge in [0.05, 0.1) is 65.3 Å². The molecule has 0 radical (unpaired) electrons. The van der Waals surface area contributed by atoms with Crippen molar-refractivity contribution in [2.75, 3.05) is 6.61 Å². The highest BCUT2D eigenvalue weighted by Gasteiger charge is 2.26. The number of benzene rings is 2. The summed E-state index contributed by atoms with van der Waals surface area (Å²) < 4.78 is 8.82. The molecule has 4 aromatic heterocycles. The summed E-state index contributed by atoms with van der Waals surface area (Å²) in [6, 6.07) is 22.6. The number of nitrogens with zero attached hydrogens (tertiary/aromatic N) is 8. The lowest BCUT2D eigenvalue weighted by Gasteiger charge is -2.12. The van der Waals surface area contributed by atoms with Crippen molar-refractivity contribution in [1.29, 1.82) is 0 Å². The van der Waals surface area contributed by atoms with Crippen LogP contribution < -0.4 is 5.73 Å². The highest BCUT2D eigenvalue weighted by Crippen LogP contribution is 2.29. The maximum Gasteiger partial charge on any atom is 0.358 e. The van der Waals surface area contributed by atoms with Gasteiger partial charge in [-0.05, 0) is 67.6 Å². The number of imidazole rings is 2. The first-order valence-electron chi connectivity index (χ1n) is 16.2. The largest absolute Gasteiger partial charge is 0.461 e. The van der Waals surface area contributed by atoms with Crippen LogP contribution in [0.25, 0.3) is 11.4 Å². The van der Waals surface area contributed by atoms with Crippen LogP contribution in [0.2, 0.25) is 0 Å². The molecule has 6 heterocycles. The Kier molecular flexibility index (Phi) is 9.03. The van der Waals surface area contributed by atoms with E-state index in [0.717, 1.165) is 50.7 Å². The number of hydrogen-bond donors (Lipinski definition) is 1. The number of primary amides is 1. The molecule has 6 aromatic rings. The molecule has 0 bridgehead atoms. The fourth-order valence-electron chi connectivity index (χ4n) is 6.01.